The number of nitrogens with zero attached hydrogens (tertiary/aromatic N) is 1. The summed E-state index contributed by atoms with van der Waals surface area (Å²) in [6, 6.07) is 0.335. The van der Waals surface area contributed by atoms with E-state index in [9.17, 15) is 0 Å². The fourth-order valence-corrected chi connectivity index (χ4v) is 1.48. The van der Waals surface area contributed by atoms with Crippen molar-refractivity contribution in [2.75, 3.05) is 13.7 Å². The standard InChI is InChI=1S/C12H22N2O2/c1-5-10-6-14-12(16-10)7-13-11(8-15-4)9(2)3/h6,9,11,13H,5,7-8H2,1-4H3. The number of methoxy groups -OCH3 is 1. The molecule has 0 saturated carbocycles. The second-order valence-electron chi connectivity index (χ2n) is 4.26. The summed E-state index contributed by atoms with van der Waals surface area (Å²) in [7, 11) is 1.72. The van der Waals surface area contributed by atoms with Crippen LogP contribution in [0.15, 0.2) is 10.6 Å². The third kappa shape index (κ3) is 3.94. The monoisotopic (exact) mass is 226 g/mol. The second kappa shape index (κ2) is 6.66. The van der Waals surface area contributed by atoms with Crippen molar-refractivity contribution in [3.8, 4) is 0 Å². The van der Waals surface area contributed by atoms with Gasteiger partial charge in [-0.25, -0.2) is 4.98 Å². The number of aromatic nitrogens is 1. The number of hydrogen-bond donors (Lipinski definition) is 1. The van der Waals surface area contributed by atoms with E-state index in [0.717, 1.165) is 18.1 Å². The number of rotatable bonds is 7. The van der Waals surface area contributed by atoms with Crippen LogP contribution in [0.25, 0.3) is 0 Å². The first-order valence-corrected chi connectivity index (χ1v) is 5.83. The third-order valence-corrected chi connectivity index (χ3v) is 2.62. The highest BCUT2D eigenvalue weighted by atomic mass is 16.5. The largest absolute Gasteiger partial charge is 0.444 e. The Morgan fingerprint density at radius 2 is 2.25 bits per heavy atom. The van der Waals surface area contributed by atoms with Gasteiger partial charge in [-0.2, -0.15) is 0 Å². The molecule has 0 aromatic carbocycles. The molecule has 0 radical (unpaired) electrons. The van der Waals surface area contributed by atoms with Gasteiger partial charge in [0, 0.05) is 19.6 Å². The zero-order valence-corrected chi connectivity index (χ0v) is 10.6. The van der Waals surface area contributed by atoms with Crippen LogP contribution in [-0.2, 0) is 17.7 Å². The van der Waals surface area contributed by atoms with Crippen LogP contribution in [0, 0.1) is 5.92 Å². The molecule has 1 unspecified atom stereocenters. The maximum Gasteiger partial charge on any atom is 0.208 e. The van der Waals surface area contributed by atoms with Crippen molar-refractivity contribution in [2.45, 2.75) is 39.8 Å². The van der Waals surface area contributed by atoms with Crippen molar-refractivity contribution < 1.29 is 9.15 Å². The minimum absolute atomic E-state index is 0.335. The lowest BCUT2D eigenvalue weighted by atomic mass is 10.1. The van der Waals surface area contributed by atoms with Gasteiger partial charge in [0.15, 0.2) is 0 Å². The van der Waals surface area contributed by atoms with Crippen LogP contribution in [0.4, 0.5) is 0 Å². The van der Waals surface area contributed by atoms with Crippen molar-refractivity contribution in [1.82, 2.24) is 10.3 Å². The zero-order valence-electron chi connectivity index (χ0n) is 10.6. The Morgan fingerprint density at radius 3 is 2.75 bits per heavy atom. The topological polar surface area (TPSA) is 47.3 Å². The summed E-state index contributed by atoms with van der Waals surface area (Å²) in [6.45, 7) is 7.76. The Bertz CT molecular complexity index is 297. The van der Waals surface area contributed by atoms with E-state index in [1.165, 1.54) is 0 Å². The normalized spacial score (nSPS) is 13.3. The number of hydrogen-bond acceptors (Lipinski definition) is 4. The van der Waals surface area contributed by atoms with Gasteiger partial charge in [-0.1, -0.05) is 20.8 Å². The molecule has 1 rings (SSSR count). The van der Waals surface area contributed by atoms with E-state index in [0.29, 0.717) is 25.1 Å². The highest BCUT2D eigenvalue weighted by Crippen LogP contribution is 2.06. The first kappa shape index (κ1) is 13.2. The van der Waals surface area contributed by atoms with Gasteiger partial charge in [-0.05, 0) is 5.92 Å². The van der Waals surface area contributed by atoms with Crippen LogP contribution >= 0.6 is 0 Å². The Balaban J connectivity index is 2.42. The molecule has 1 aromatic heterocycles. The zero-order chi connectivity index (χ0) is 12.0. The van der Waals surface area contributed by atoms with E-state index in [2.05, 4.69) is 31.1 Å². The summed E-state index contributed by atoms with van der Waals surface area (Å²) in [6.07, 6.45) is 2.68. The third-order valence-electron chi connectivity index (χ3n) is 2.62. The molecule has 0 amide bonds. The molecule has 1 N–H and O–H groups in total. The van der Waals surface area contributed by atoms with Crippen LogP contribution in [-0.4, -0.2) is 24.7 Å². The van der Waals surface area contributed by atoms with Gasteiger partial charge in [0.25, 0.3) is 0 Å². The predicted molar refractivity (Wildman–Crippen MR) is 63.2 cm³/mol. The summed E-state index contributed by atoms with van der Waals surface area (Å²) in [5, 5.41) is 3.39. The van der Waals surface area contributed by atoms with Gasteiger partial charge in [0.1, 0.15) is 5.76 Å². The van der Waals surface area contributed by atoms with Gasteiger partial charge < -0.3 is 14.5 Å². The Kier molecular flexibility index (Phi) is 5.49. The Morgan fingerprint density at radius 1 is 1.50 bits per heavy atom. The van der Waals surface area contributed by atoms with Crippen molar-refractivity contribution in [3.63, 3.8) is 0 Å². The van der Waals surface area contributed by atoms with Gasteiger partial charge >= 0.3 is 0 Å². The Labute approximate surface area is 97.4 Å². The summed E-state index contributed by atoms with van der Waals surface area (Å²) in [5.74, 6) is 2.21. The molecule has 1 atom stereocenters. The van der Waals surface area contributed by atoms with E-state index in [4.69, 9.17) is 9.15 Å². The fourth-order valence-electron chi connectivity index (χ4n) is 1.48. The van der Waals surface area contributed by atoms with Crippen LogP contribution in [0.1, 0.15) is 32.4 Å². The van der Waals surface area contributed by atoms with Crippen LogP contribution in [0.5, 0.6) is 0 Å². The molecular weight excluding hydrogens is 204 g/mol. The molecule has 0 aliphatic heterocycles. The van der Waals surface area contributed by atoms with E-state index in [1.807, 2.05) is 0 Å². The highest BCUT2D eigenvalue weighted by molar-refractivity contribution is 4.93. The second-order valence-corrected chi connectivity index (χ2v) is 4.26. The van der Waals surface area contributed by atoms with Gasteiger partial charge in [0.2, 0.25) is 5.89 Å². The number of nitrogens with one attached hydrogen (secondary N) is 1. The minimum Gasteiger partial charge on any atom is -0.444 e. The lowest BCUT2D eigenvalue weighted by Crippen LogP contribution is -2.37. The summed E-state index contributed by atoms with van der Waals surface area (Å²) >= 11 is 0. The molecule has 1 heterocycles. The van der Waals surface area contributed by atoms with Crippen LogP contribution in [0.2, 0.25) is 0 Å². The fraction of sp³-hybridized carbons (Fsp3) is 0.750. The molecule has 0 fully saturated rings. The van der Waals surface area contributed by atoms with Gasteiger partial charge in [-0.3, -0.25) is 0 Å². The maximum atomic E-state index is 5.53. The summed E-state index contributed by atoms with van der Waals surface area (Å²) in [5.41, 5.74) is 0. The molecule has 0 aliphatic rings. The lowest BCUT2D eigenvalue weighted by Gasteiger charge is -2.20. The summed E-state index contributed by atoms with van der Waals surface area (Å²) < 4.78 is 10.7. The van der Waals surface area contributed by atoms with Crippen molar-refractivity contribution in [2.24, 2.45) is 5.92 Å². The SMILES string of the molecule is CCc1cnc(CNC(COC)C(C)C)o1. The molecule has 4 heteroatoms. The molecule has 0 saturated heterocycles. The van der Waals surface area contributed by atoms with Gasteiger partial charge in [-0.15, -0.1) is 0 Å². The van der Waals surface area contributed by atoms with Crippen LogP contribution in [0.3, 0.4) is 0 Å². The highest BCUT2D eigenvalue weighted by Gasteiger charge is 2.13. The number of oxazole rings is 1. The first-order chi connectivity index (χ1) is 7.67. The van der Waals surface area contributed by atoms with E-state index >= 15 is 0 Å². The minimum atomic E-state index is 0.335. The van der Waals surface area contributed by atoms with Crippen molar-refractivity contribution in [3.05, 3.63) is 17.8 Å². The summed E-state index contributed by atoms with van der Waals surface area (Å²) in [4.78, 5) is 4.21. The Hall–Kier alpha value is -0.870. The van der Waals surface area contributed by atoms with Crippen molar-refractivity contribution in [1.29, 1.82) is 0 Å². The molecule has 0 spiro atoms. The van der Waals surface area contributed by atoms with Crippen molar-refractivity contribution >= 4 is 0 Å². The molecule has 92 valence electrons. The first-order valence-electron chi connectivity index (χ1n) is 5.83. The lowest BCUT2D eigenvalue weighted by molar-refractivity contribution is 0.145. The average Bonchev–Trinajstić information content (AvgIpc) is 2.71. The van der Waals surface area contributed by atoms with E-state index in [-0.39, 0.29) is 0 Å². The van der Waals surface area contributed by atoms with Crippen LogP contribution < -0.4 is 5.32 Å². The van der Waals surface area contributed by atoms with E-state index < -0.39 is 0 Å². The quantitative estimate of drug-likeness (QED) is 0.772. The molecule has 0 aliphatic carbocycles. The molecule has 16 heavy (non-hydrogen) atoms. The maximum absolute atomic E-state index is 5.53. The molecule has 0 bridgehead atoms. The van der Waals surface area contributed by atoms with Gasteiger partial charge in [0.05, 0.1) is 19.3 Å². The molecule has 4 nitrogen and oxygen atoms in total. The smallest absolute Gasteiger partial charge is 0.208 e. The average molecular weight is 226 g/mol. The number of aryl methyl sites for hydroxylation is 1. The molecule has 1 aromatic rings. The number of ether oxygens (including phenoxy) is 1. The predicted octanol–water partition coefficient (Wildman–Crippen LogP) is 2.00. The molecular formula is C12H22N2O2. The van der Waals surface area contributed by atoms with E-state index in [1.54, 1.807) is 13.3 Å².